The summed E-state index contributed by atoms with van der Waals surface area (Å²) in [6, 6.07) is 9.73. The van der Waals surface area contributed by atoms with E-state index in [4.69, 9.17) is 4.74 Å². The maximum atomic E-state index is 11.7. The number of hydrogen-bond donors (Lipinski definition) is 0. The van der Waals surface area contributed by atoms with E-state index in [1.807, 2.05) is 42.7 Å². The monoisotopic (exact) mass is 388 g/mol. The molecule has 0 radical (unpaired) electrons. The highest BCUT2D eigenvalue weighted by molar-refractivity contribution is 7.88. The normalized spacial score (nSPS) is 18.6. The van der Waals surface area contributed by atoms with Gasteiger partial charge in [0.25, 0.3) is 0 Å². The molecular formula is C17H20N6O3S. The largest absolute Gasteiger partial charge is 0.374 e. The van der Waals surface area contributed by atoms with Gasteiger partial charge in [0.05, 0.1) is 37.4 Å². The van der Waals surface area contributed by atoms with Crippen LogP contribution in [-0.4, -0.2) is 69.6 Å². The number of nitrogens with zero attached hydrogens (tertiary/aromatic N) is 6. The Kier molecular flexibility index (Phi) is 4.77. The summed E-state index contributed by atoms with van der Waals surface area (Å²) in [5.74, 6) is 0. The van der Waals surface area contributed by atoms with Gasteiger partial charge in [-0.3, -0.25) is 0 Å². The number of sulfonamides is 1. The Bertz CT molecular complexity index is 1010. The fourth-order valence-electron chi connectivity index (χ4n) is 3.06. The average molecular weight is 388 g/mol. The van der Waals surface area contributed by atoms with Gasteiger partial charge in [-0.1, -0.05) is 17.3 Å². The van der Waals surface area contributed by atoms with Gasteiger partial charge in [0.15, 0.2) is 0 Å². The molecule has 1 atom stereocenters. The predicted octanol–water partition coefficient (Wildman–Crippen LogP) is 0.791. The van der Waals surface area contributed by atoms with Gasteiger partial charge < -0.3 is 4.74 Å². The number of rotatable bonds is 5. The van der Waals surface area contributed by atoms with Gasteiger partial charge in [-0.25, -0.2) is 17.8 Å². The minimum absolute atomic E-state index is 0.251. The molecule has 0 spiro atoms. The lowest BCUT2D eigenvalue weighted by atomic mass is 10.1. The van der Waals surface area contributed by atoms with Gasteiger partial charge in [0.2, 0.25) is 10.0 Å². The second-order valence-electron chi connectivity index (χ2n) is 6.44. The number of benzene rings is 1. The number of hydrogen-bond acceptors (Lipinski definition) is 6. The quantitative estimate of drug-likeness (QED) is 0.641. The molecule has 10 heteroatoms. The molecule has 1 aromatic carbocycles. The van der Waals surface area contributed by atoms with E-state index in [9.17, 15) is 8.42 Å². The van der Waals surface area contributed by atoms with Crippen LogP contribution >= 0.6 is 0 Å². The molecule has 0 unspecified atom stereocenters. The number of ether oxygens (including phenoxy) is 1. The molecule has 0 N–H and O–H groups in total. The summed E-state index contributed by atoms with van der Waals surface area (Å²) in [4.78, 5) is 0. The minimum Gasteiger partial charge on any atom is -0.374 e. The van der Waals surface area contributed by atoms with E-state index < -0.39 is 10.0 Å². The van der Waals surface area contributed by atoms with Gasteiger partial charge >= 0.3 is 0 Å². The molecule has 1 fully saturated rings. The van der Waals surface area contributed by atoms with E-state index in [1.54, 1.807) is 15.6 Å². The van der Waals surface area contributed by atoms with Crippen molar-refractivity contribution in [3.05, 3.63) is 48.9 Å². The van der Waals surface area contributed by atoms with Crippen LogP contribution in [0.15, 0.2) is 48.9 Å². The van der Waals surface area contributed by atoms with Gasteiger partial charge in [0, 0.05) is 31.0 Å². The molecule has 2 aromatic heterocycles. The summed E-state index contributed by atoms with van der Waals surface area (Å²) < 4.78 is 34.1. The highest BCUT2D eigenvalue weighted by atomic mass is 32.2. The fraction of sp³-hybridized carbons (Fsp3) is 0.353. The zero-order chi connectivity index (χ0) is 18.9. The average Bonchev–Trinajstić information content (AvgIpc) is 3.34. The highest BCUT2D eigenvalue weighted by Gasteiger charge is 2.27. The van der Waals surface area contributed by atoms with Crippen molar-refractivity contribution >= 4 is 10.0 Å². The third-order valence-electron chi connectivity index (χ3n) is 4.41. The van der Waals surface area contributed by atoms with E-state index in [-0.39, 0.29) is 6.10 Å². The van der Waals surface area contributed by atoms with Crippen molar-refractivity contribution in [3.63, 3.8) is 0 Å². The van der Waals surface area contributed by atoms with E-state index in [2.05, 4.69) is 15.4 Å². The summed E-state index contributed by atoms with van der Waals surface area (Å²) in [5, 5.41) is 12.6. The smallest absolute Gasteiger partial charge is 0.211 e. The van der Waals surface area contributed by atoms with Crippen molar-refractivity contribution in [1.82, 2.24) is 29.1 Å². The molecule has 27 heavy (non-hydrogen) atoms. The summed E-state index contributed by atoms with van der Waals surface area (Å²) >= 11 is 0. The molecule has 1 aliphatic rings. The molecule has 4 rings (SSSR count). The third-order valence-corrected chi connectivity index (χ3v) is 5.68. The summed E-state index contributed by atoms with van der Waals surface area (Å²) in [6.45, 7) is 1.53. The van der Waals surface area contributed by atoms with Crippen molar-refractivity contribution in [2.24, 2.45) is 0 Å². The first-order valence-corrected chi connectivity index (χ1v) is 10.4. The van der Waals surface area contributed by atoms with E-state index in [0.29, 0.717) is 26.2 Å². The molecule has 1 saturated heterocycles. The van der Waals surface area contributed by atoms with Gasteiger partial charge in [0.1, 0.15) is 5.69 Å². The lowest BCUT2D eigenvalue weighted by Gasteiger charge is -2.30. The summed E-state index contributed by atoms with van der Waals surface area (Å²) in [5.41, 5.74) is 2.60. The first kappa shape index (κ1) is 17.8. The van der Waals surface area contributed by atoms with Crippen LogP contribution in [0.5, 0.6) is 0 Å². The van der Waals surface area contributed by atoms with Crippen LogP contribution in [-0.2, 0) is 21.3 Å². The number of morpholine rings is 1. The molecule has 3 aromatic rings. The lowest BCUT2D eigenvalue weighted by molar-refractivity contribution is -0.0120. The summed E-state index contributed by atoms with van der Waals surface area (Å²) in [7, 11) is -3.22. The van der Waals surface area contributed by atoms with Crippen LogP contribution in [0, 0.1) is 0 Å². The second-order valence-corrected chi connectivity index (χ2v) is 8.42. The Morgan fingerprint density at radius 1 is 1.30 bits per heavy atom. The topological polar surface area (TPSA) is 95.1 Å². The molecule has 0 aliphatic carbocycles. The second kappa shape index (κ2) is 7.22. The zero-order valence-electron chi connectivity index (χ0n) is 14.8. The zero-order valence-corrected chi connectivity index (χ0v) is 15.7. The Balaban J connectivity index is 1.48. The molecule has 1 aliphatic heterocycles. The molecule has 0 saturated carbocycles. The molecule has 0 bridgehead atoms. The third kappa shape index (κ3) is 4.07. The van der Waals surface area contributed by atoms with Crippen molar-refractivity contribution in [1.29, 1.82) is 0 Å². The summed E-state index contributed by atoms with van der Waals surface area (Å²) in [6.07, 6.45) is 6.41. The lowest BCUT2D eigenvalue weighted by Crippen LogP contribution is -2.46. The Hall–Kier alpha value is -2.56. The van der Waals surface area contributed by atoms with Crippen molar-refractivity contribution < 1.29 is 13.2 Å². The first-order chi connectivity index (χ1) is 13.0. The molecule has 0 amide bonds. The molecule has 9 nitrogen and oxygen atoms in total. The Labute approximate surface area is 157 Å². The van der Waals surface area contributed by atoms with Crippen LogP contribution in [0.25, 0.3) is 16.9 Å². The van der Waals surface area contributed by atoms with Crippen molar-refractivity contribution in [2.75, 3.05) is 26.0 Å². The van der Waals surface area contributed by atoms with Crippen LogP contribution < -0.4 is 0 Å². The van der Waals surface area contributed by atoms with Crippen LogP contribution in [0.3, 0.4) is 0 Å². The SMILES string of the molecule is CS(=O)(=O)N1CCO[C@@H](Cn2cc(-c3cccc(-n4cccn4)c3)nn2)C1. The van der Waals surface area contributed by atoms with Gasteiger partial charge in [-0.15, -0.1) is 5.10 Å². The highest BCUT2D eigenvalue weighted by Crippen LogP contribution is 2.20. The Morgan fingerprint density at radius 3 is 2.96 bits per heavy atom. The molecule has 142 valence electrons. The van der Waals surface area contributed by atoms with Gasteiger partial charge in [-0.2, -0.15) is 9.40 Å². The van der Waals surface area contributed by atoms with Crippen LogP contribution in [0.1, 0.15) is 0 Å². The van der Waals surface area contributed by atoms with E-state index >= 15 is 0 Å². The first-order valence-electron chi connectivity index (χ1n) is 8.56. The molecule has 3 heterocycles. The minimum atomic E-state index is -3.22. The number of aromatic nitrogens is 5. The van der Waals surface area contributed by atoms with Gasteiger partial charge in [-0.05, 0) is 18.2 Å². The predicted molar refractivity (Wildman–Crippen MR) is 98.7 cm³/mol. The van der Waals surface area contributed by atoms with E-state index in [1.165, 1.54) is 10.6 Å². The maximum absolute atomic E-state index is 11.7. The Morgan fingerprint density at radius 2 is 2.19 bits per heavy atom. The fourth-order valence-corrected chi connectivity index (χ4v) is 3.91. The standard InChI is InChI=1S/C17H20N6O3S/c1-27(24,25)22-8-9-26-16(12-22)11-21-13-17(19-20-21)14-4-2-5-15(10-14)23-7-3-6-18-23/h2-7,10,13,16H,8-9,11-12H2,1H3/t16-/m0/s1. The molecular weight excluding hydrogens is 368 g/mol. The van der Waals surface area contributed by atoms with Crippen LogP contribution in [0.4, 0.5) is 0 Å². The van der Waals surface area contributed by atoms with Crippen molar-refractivity contribution in [2.45, 2.75) is 12.6 Å². The van der Waals surface area contributed by atoms with E-state index in [0.717, 1.165) is 16.9 Å². The maximum Gasteiger partial charge on any atom is 0.211 e. The van der Waals surface area contributed by atoms with Crippen LogP contribution in [0.2, 0.25) is 0 Å². The van der Waals surface area contributed by atoms with Crippen molar-refractivity contribution in [3.8, 4) is 16.9 Å².